The molecule has 0 bridgehead atoms. The lowest BCUT2D eigenvalue weighted by Crippen LogP contribution is -2.44. The van der Waals surface area contributed by atoms with Gasteiger partial charge in [-0.2, -0.15) is 0 Å². The number of ether oxygens (including phenoxy) is 3. The summed E-state index contributed by atoms with van der Waals surface area (Å²) in [6, 6.07) is 0. The number of carbonyl (C=O) groups excluding carboxylic acids is 2. The first-order valence-electron chi connectivity index (χ1n) is 8.74. The van der Waals surface area contributed by atoms with Gasteiger partial charge in [-0.1, -0.05) is 19.4 Å². The van der Waals surface area contributed by atoms with Crippen molar-refractivity contribution in [3.63, 3.8) is 0 Å². The summed E-state index contributed by atoms with van der Waals surface area (Å²) < 4.78 is 17.1. The molecule has 0 N–H and O–H groups in total. The minimum Gasteiger partial charge on any atom is -0.462 e. The average molecular weight is 338 g/mol. The minimum atomic E-state index is -0.524. The van der Waals surface area contributed by atoms with Gasteiger partial charge in [0.05, 0.1) is 11.7 Å². The van der Waals surface area contributed by atoms with Crippen LogP contribution in [0.2, 0.25) is 0 Å². The summed E-state index contributed by atoms with van der Waals surface area (Å²) in [5.41, 5.74) is 0.510. The molecule has 2 aliphatic rings. The van der Waals surface area contributed by atoms with Crippen molar-refractivity contribution < 1.29 is 23.8 Å². The predicted octanol–water partition coefficient (Wildman–Crippen LogP) is 3.55. The zero-order valence-corrected chi connectivity index (χ0v) is 15.7. The molecule has 24 heavy (non-hydrogen) atoms. The highest BCUT2D eigenvalue weighted by atomic mass is 16.6. The van der Waals surface area contributed by atoms with Gasteiger partial charge in [0.2, 0.25) is 0 Å². The van der Waals surface area contributed by atoms with Crippen molar-refractivity contribution in [2.75, 3.05) is 0 Å². The van der Waals surface area contributed by atoms with Crippen LogP contribution >= 0.6 is 0 Å². The molecule has 0 aromatic carbocycles. The number of fused-ring (bicyclic) bond motifs is 1. The molecule has 0 aromatic rings. The van der Waals surface area contributed by atoms with Crippen molar-refractivity contribution >= 4 is 11.9 Å². The van der Waals surface area contributed by atoms with Gasteiger partial charge in [0.1, 0.15) is 12.2 Å². The number of allylic oxidation sites excluding steroid dienone is 1. The van der Waals surface area contributed by atoms with Gasteiger partial charge in [-0.3, -0.25) is 9.59 Å². The molecule has 1 fully saturated rings. The lowest BCUT2D eigenvalue weighted by atomic mass is 9.77. The summed E-state index contributed by atoms with van der Waals surface area (Å²) in [5, 5.41) is 0. The molecule has 0 unspecified atom stereocenters. The quantitative estimate of drug-likeness (QED) is 0.438. The molecular formula is C19H30O5. The van der Waals surface area contributed by atoms with E-state index in [1.807, 2.05) is 26.8 Å². The Labute approximate surface area is 144 Å². The van der Waals surface area contributed by atoms with Crippen LogP contribution in [0.1, 0.15) is 67.2 Å². The second-order valence-corrected chi connectivity index (χ2v) is 7.96. The van der Waals surface area contributed by atoms with Crippen molar-refractivity contribution in [1.29, 1.82) is 0 Å². The molecule has 1 aliphatic carbocycles. The second-order valence-electron chi connectivity index (χ2n) is 7.96. The van der Waals surface area contributed by atoms with Gasteiger partial charge in [0.15, 0.2) is 0 Å². The minimum absolute atomic E-state index is 0.129. The Balaban J connectivity index is 2.34. The summed E-state index contributed by atoms with van der Waals surface area (Å²) in [6.45, 7) is 11.0. The first kappa shape index (κ1) is 19.0. The smallest absolute Gasteiger partial charge is 0.303 e. The van der Waals surface area contributed by atoms with E-state index in [0.29, 0.717) is 6.42 Å². The summed E-state index contributed by atoms with van der Waals surface area (Å²) in [4.78, 5) is 23.2. The Morgan fingerprint density at radius 1 is 1.12 bits per heavy atom. The van der Waals surface area contributed by atoms with Gasteiger partial charge >= 0.3 is 11.9 Å². The predicted molar refractivity (Wildman–Crippen MR) is 90.4 cm³/mol. The van der Waals surface area contributed by atoms with Gasteiger partial charge in [0, 0.05) is 19.3 Å². The van der Waals surface area contributed by atoms with Crippen LogP contribution in [-0.2, 0) is 23.8 Å². The molecule has 0 saturated carbocycles. The molecule has 0 spiro atoms. The summed E-state index contributed by atoms with van der Waals surface area (Å²) in [7, 11) is 0. The summed E-state index contributed by atoms with van der Waals surface area (Å²) >= 11 is 0. The molecule has 0 amide bonds. The van der Waals surface area contributed by atoms with E-state index in [-0.39, 0.29) is 29.7 Å². The highest BCUT2D eigenvalue weighted by molar-refractivity contribution is 5.67. The number of carbonyl (C=O) groups is 2. The topological polar surface area (TPSA) is 65.1 Å². The van der Waals surface area contributed by atoms with Crippen LogP contribution in [0.4, 0.5) is 0 Å². The molecule has 2 rings (SSSR count). The fourth-order valence-electron chi connectivity index (χ4n) is 3.54. The molecule has 1 saturated heterocycles. The maximum atomic E-state index is 11.6. The van der Waals surface area contributed by atoms with E-state index in [4.69, 9.17) is 14.2 Å². The zero-order chi connectivity index (χ0) is 18.1. The third-order valence-electron chi connectivity index (χ3n) is 5.34. The molecule has 5 nitrogen and oxygen atoms in total. The van der Waals surface area contributed by atoms with Crippen molar-refractivity contribution in [3.8, 4) is 0 Å². The Morgan fingerprint density at radius 3 is 2.33 bits per heavy atom. The van der Waals surface area contributed by atoms with Crippen LogP contribution in [0.25, 0.3) is 0 Å². The fraction of sp³-hybridized carbons (Fsp3) is 0.789. The molecule has 1 aliphatic heterocycles. The van der Waals surface area contributed by atoms with E-state index in [0.717, 1.165) is 24.8 Å². The average Bonchev–Trinajstić information content (AvgIpc) is 3.10. The number of hydrogen-bond donors (Lipinski definition) is 0. The maximum absolute atomic E-state index is 11.6. The monoisotopic (exact) mass is 338 g/mol. The number of rotatable bonds is 2. The van der Waals surface area contributed by atoms with Crippen LogP contribution in [-0.4, -0.2) is 35.9 Å². The Bertz CT molecular complexity index is 536. The Hall–Kier alpha value is -1.36. The molecule has 0 radical (unpaired) electrons. The fourth-order valence-corrected chi connectivity index (χ4v) is 3.54. The van der Waals surface area contributed by atoms with E-state index < -0.39 is 11.5 Å². The Morgan fingerprint density at radius 2 is 1.75 bits per heavy atom. The highest BCUT2D eigenvalue weighted by Gasteiger charge is 2.52. The van der Waals surface area contributed by atoms with Gasteiger partial charge < -0.3 is 14.2 Å². The second kappa shape index (κ2) is 6.87. The summed E-state index contributed by atoms with van der Waals surface area (Å²) in [6.07, 6.45) is 4.87. The van der Waals surface area contributed by atoms with Crippen LogP contribution < -0.4 is 0 Å². The van der Waals surface area contributed by atoms with Crippen molar-refractivity contribution in [3.05, 3.63) is 11.6 Å². The van der Waals surface area contributed by atoms with E-state index >= 15 is 0 Å². The lowest BCUT2D eigenvalue weighted by Gasteiger charge is -2.38. The van der Waals surface area contributed by atoms with Crippen molar-refractivity contribution in [2.24, 2.45) is 5.41 Å². The van der Waals surface area contributed by atoms with Crippen LogP contribution in [0, 0.1) is 5.41 Å². The third kappa shape index (κ3) is 4.38. The zero-order valence-electron chi connectivity index (χ0n) is 15.7. The number of epoxide rings is 1. The molecule has 0 aromatic heterocycles. The van der Waals surface area contributed by atoms with Gasteiger partial charge in [0.25, 0.3) is 0 Å². The van der Waals surface area contributed by atoms with E-state index in [1.165, 1.54) is 13.8 Å². The molecule has 1 heterocycles. The normalized spacial score (nSPS) is 37.9. The largest absolute Gasteiger partial charge is 0.462 e. The SMILES string of the molecule is CC(=O)O[C@H]1/C=C(\C)CC[C@@H]2O[C@]2(C)CC[C@@H](OC(C)=O)C1(C)C. The maximum Gasteiger partial charge on any atom is 0.303 e. The van der Waals surface area contributed by atoms with Crippen LogP contribution in [0.15, 0.2) is 11.6 Å². The van der Waals surface area contributed by atoms with E-state index in [1.54, 1.807) is 0 Å². The van der Waals surface area contributed by atoms with Crippen molar-refractivity contribution in [2.45, 2.75) is 91.1 Å². The third-order valence-corrected chi connectivity index (χ3v) is 5.34. The first-order valence-corrected chi connectivity index (χ1v) is 8.74. The Kier molecular flexibility index (Phi) is 5.43. The highest BCUT2D eigenvalue weighted by Crippen LogP contribution is 2.46. The van der Waals surface area contributed by atoms with Crippen LogP contribution in [0.5, 0.6) is 0 Å². The molecule has 4 atom stereocenters. The van der Waals surface area contributed by atoms with Crippen LogP contribution in [0.3, 0.4) is 0 Å². The standard InChI is InChI=1S/C19H30O5/c1-12-7-8-16-19(6,24-16)10-9-15(22-13(2)20)18(4,5)17(11-12)23-14(3)21/h11,15-17H,7-10H2,1-6H3/b12-11+/t15-,16+,17+,19-/m1/s1. The first-order chi connectivity index (χ1) is 11.0. The molecule has 136 valence electrons. The van der Waals surface area contributed by atoms with Gasteiger partial charge in [-0.25, -0.2) is 0 Å². The van der Waals surface area contributed by atoms with E-state index in [2.05, 4.69) is 6.92 Å². The molecular weight excluding hydrogens is 308 g/mol. The molecule has 5 heteroatoms. The van der Waals surface area contributed by atoms with E-state index in [9.17, 15) is 9.59 Å². The summed E-state index contributed by atoms with van der Waals surface area (Å²) in [5.74, 6) is -0.643. The number of esters is 2. The van der Waals surface area contributed by atoms with Gasteiger partial charge in [-0.05, 0) is 45.6 Å². The number of hydrogen-bond acceptors (Lipinski definition) is 5. The lowest BCUT2D eigenvalue weighted by molar-refractivity contribution is -0.165. The van der Waals surface area contributed by atoms with Crippen molar-refractivity contribution in [1.82, 2.24) is 0 Å². The van der Waals surface area contributed by atoms with Gasteiger partial charge in [-0.15, -0.1) is 0 Å².